The SMILES string of the molecule is Cc1ccc(CC(C)N=C([O-])OC(C)(C)C)cc1. The number of rotatable bonds is 3. The Bertz CT molecular complexity index is 401. The van der Waals surface area contributed by atoms with Gasteiger partial charge < -0.3 is 9.84 Å². The Morgan fingerprint density at radius 3 is 2.33 bits per heavy atom. The van der Waals surface area contributed by atoms with Crippen molar-refractivity contribution in [3.8, 4) is 0 Å². The van der Waals surface area contributed by atoms with Crippen molar-refractivity contribution in [3.63, 3.8) is 0 Å². The van der Waals surface area contributed by atoms with Gasteiger partial charge in [-0.05, 0) is 25.8 Å². The molecule has 0 fully saturated rings. The average Bonchev–Trinajstić information content (AvgIpc) is 2.18. The summed E-state index contributed by atoms with van der Waals surface area (Å²) in [6, 6.07) is 8.19. The topological polar surface area (TPSA) is 44.7 Å². The lowest BCUT2D eigenvalue weighted by Crippen LogP contribution is -2.33. The first kappa shape index (κ1) is 14.6. The van der Waals surface area contributed by atoms with Crippen molar-refractivity contribution in [2.24, 2.45) is 4.99 Å². The van der Waals surface area contributed by atoms with Crippen molar-refractivity contribution in [1.82, 2.24) is 0 Å². The molecule has 3 heteroatoms. The highest BCUT2D eigenvalue weighted by molar-refractivity contribution is 5.62. The van der Waals surface area contributed by atoms with Crippen LogP contribution in [0, 0.1) is 6.92 Å². The summed E-state index contributed by atoms with van der Waals surface area (Å²) in [5.41, 5.74) is 1.93. The van der Waals surface area contributed by atoms with Crippen LogP contribution < -0.4 is 5.11 Å². The van der Waals surface area contributed by atoms with Crippen LogP contribution in [0.15, 0.2) is 29.3 Å². The second kappa shape index (κ2) is 5.89. The molecular weight excluding hydrogens is 226 g/mol. The fraction of sp³-hybridized carbons (Fsp3) is 0.533. The third kappa shape index (κ3) is 5.71. The Balaban J connectivity index is 2.58. The highest BCUT2D eigenvalue weighted by atomic mass is 16.6. The number of hydrogen-bond donors (Lipinski definition) is 0. The van der Waals surface area contributed by atoms with Gasteiger partial charge in [0.1, 0.15) is 6.08 Å². The predicted octanol–water partition coefficient (Wildman–Crippen LogP) is 2.46. The van der Waals surface area contributed by atoms with Gasteiger partial charge in [0.25, 0.3) is 0 Å². The summed E-state index contributed by atoms with van der Waals surface area (Å²) in [4.78, 5) is 4.02. The lowest BCUT2D eigenvalue weighted by molar-refractivity contribution is -0.260. The van der Waals surface area contributed by atoms with E-state index in [1.54, 1.807) is 0 Å². The van der Waals surface area contributed by atoms with Crippen LogP contribution in [0.5, 0.6) is 0 Å². The number of aryl methyl sites for hydroxylation is 1. The van der Waals surface area contributed by atoms with Crippen LogP contribution in [-0.4, -0.2) is 17.7 Å². The first-order valence-electron chi connectivity index (χ1n) is 6.25. The summed E-state index contributed by atoms with van der Waals surface area (Å²) in [7, 11) is 0. The molecule has 0 aliphatic rings. The second-order valence-corrected chi connectivity index (χ2v) is 5.65. The standard InChI is InChI=1S/C15H23NO2/c1-11-6-8-13(9-7-11)10-12(2)16-14(17)18-15(3,4)5/h6-9,12H,10H2,1-5H3,(H,16,17)/p-1. The van der Waals surface area contributed by atoms with E-state index < -0.39 is 11.7 Å². The van der Waals surface area contributed by atoms with Gasteiger partial charge in [0, 0.05) is 5.60 Å². The van der Waals surface area contributed by atoms with Crippen molar-refractivity contribution < 1.29 is 9.84 Å². The van der Waals surface area contributed by atoms with E-state index in [4.69, 9.17) is 4.74 Å². The summed E-state index contributed by atoms with van der Waals surface area (Å²) < 4.78 is 5.16. The monoisotopic (exact) mass is 248 g/mol. The van der Waals surface area contributed by atoms with E-state index in [2.05, 4.69) is 36.2 Å². The molecule has 0 amide bonds. The summed E-state index contributed by atoms with van der Waals surface area (Å²) in [5.74, 6) is 0. The highest BCUT2D eigenvalue weighted by Gasteiger charge is 2.06. The van der Waals surface area contributed by atoms with E-state index in [-0.39, 0.29) is 6.04 Å². The van der Waals surface area contributed by atoms with Gasteiger partial charge in [-0.15, -0.1) is 0 Å². The molecule has 100 valence electrons. The molecule has 0 radical (unpaired) electrons. The van der Waals surface area contributed by atoms with Gasteiger partial charge in [0.15, 0.2) is 0 Å². The van der Waals surface area contributed by atoms with Crippen LogP contribution in [0.2, 0.25) is 0 Å². The minimum absolute atomic E-state index is 0.0671. The molecule has 0 saturated heterocycles. The smallest absolute Gasteiger partial charge is 0.146 e. The van der Waals surface area contributed by atoms with E-state index in [0.717, 1.165) is 6.42 Å². The minimum Gasteiger partial charge on any atom is -0.595 e. The van der Waals surface area contributed by atoms with Crippen molar-refractivity contribution in [2.45, 2.75) is 52.7 Å². The maximum atomic E-state index is 11.5. The Morgan fingerprint density at radius 1 is 1.28 bits per heavy atom. The minimum atomic E-state index is -0.484. The molecule has 1 aromatic rings. The molecule has 0 bridgehead atoms. The maximum absolute atomic E-state index is 11.5. The first-order valence-corrected chi connectivity index (χ1v) is 6.25. The van der Waals surface area contributed by atoms with Gasteiger partial charge in [-0.3, -0.25) is 4.99 Å². The van der Waals surface area contributed by atoms with Gasteiger partial charge in [0.2, 0.25) is 0 Å². The number of benzene rings is 1. The number of hydrogen-bond acceptors (Lipinski definition) is 3. The van der Waals surface area contributed by atoms with Gasteiger partial charge in [0.05, 0.1) is 6.04 Å². The van der Waals surface area contributed by atoms with E-state index >= 15 is 0 Å². The Hall–Kier alpha value is -1.51. The molecule has 1 rings (SSSR count). The molecule has 0 aliphatic heterocycles. The Kier molecular flexibility index (Phi) is 4.76. The van der Waals surface area contributed by atoms with E-state index in [1.165, 1.54) is 11.1 Å². The Labute approximate surface area is 110 Å². The number of nitrogens with zero attached hydrogens (tertiary/aromatic N) is 1. The van der Waals surface area contributed by atoms with Gasteiger partial charge in [-0.25, -0.2) is 0 Å². The normalized spacial score (nSPS) is 14.4. The largest absolute Gasteiger partial charge is 0.595 e. The third-order valence-electron chi connectivity index (χ3n) is 2.37. The molecule has 0 aliphatic carbocycles. The Morgan fingerprint density at radius 2 is 1.83 bits per heavy atom. The van der Waals surface area contributed by atoms with Crippen molar-refractivity contribution in [3.05, 3.63) is 35.4 Å². The molecule has 1 atom stereocenters. The van der Waals surface area contributed by atoms with Crippen molar-refractivity contribution in [2.75, 3.05) is 0 Å². The molecule has 1 aromatic carbocycles. The summed E-state index contributed by atoms with van der Waals surface area (Å²) in [5, 5.41) is 11.5. The second-order valence-electron chi connectivity index (χ2n) is 5.65. The maximum Gasteiger partial charge on any atom is 0.146 e. The third-order valence-corrected chi connectivity index (χ3v) is 2.37. The van der Waals surface area contributed by atoms with E-state index in [0.29, 0.717) is 0 Å². The summed E-state index contributed by atoms with van der Waals surface area (Å²) >= 11 is 0. The molecule has 0 saturated carbocycles. The first-order chi connectivity index (χ1) is 8.26. The quantitative estimate of drug-likeness (QED) is 0.609. The van der Waals surface area contributed by atoms with Crippen molar-refractivity contribution >= 4 is 6.08 Å². The fourth-order valence-corrected chi connectivity index (χ4v) is 1.58. The molecule has 0 spiro atoms. The average molecular weight is 248 g/mol. The highest BCUT2D eigenvalue weighted by Crippen LogP contribution is 2.10. The van der Waals surface area contributed by atoms with Gasteiger partial charge >= 0.3 is 0 Å². The molecule has 3 nitrogen and oxygen atoms in total. The molecule has 1 unspecified atom stereocenters. The van der Waals surface area contributed by atoms with Crippen LogP contribution in [-0.2, 0) is 11.2 Å². The lowest BCUT2D eigenvalue weighted by atomic mass is 10.1. The molecule has 0 N–H and O–H groups in total. The van der Waals surface area contributed by atoms with Gasteiger partial charge in [-0.1, -0.05) is 50.6 Å². The van der Waals surface area contributed by atoms with Crippen LogP contribution in [0.1, 0.15) is 38.8 Å². The zero-order chi connectivity index (χ0) is 13.8. The molecule has 0 aromatic heterocycles. The van der Waals surface area contributed by atoms with E-state index in [1.807, 2.05) is 27.7 Å². The fourth-order valence-electron chi connectivity index (χ4n) is 1.58. The molecular formula is C15H22NO2-. The van der Waals surface area contributed by atoms with Crippen LogP contribution in [0.25, 0.3) is 0 Å². The predicted molar refractivity (Wildman–Crippen MR) is 72.6 cm³/mol. The molecule has 0 heterocycles. The van der Waals surface area contributed by atoms with Gasteiger partial charge in [-0.2, -0.15) is 0 Å². The molecule has 18 heavy (non-hydrogen) atoms. The zero-order valence-electron chi connectivity index (χ0n) is 11.9. The summed E-state index contributed by atoms with van der Waals surface area (Å²) in [6.07, 6.45) is 0.265. The van der Waals surface area contributed by atoms with Crippen LogP contribution >= 0.6 is 0 Å². The van der Waals surface area contributed by atoms with Crippen molar-refractivity contribution in [1.29, 1.82) is 0 Å². The van der Waals surface area contributed by atoms with Crippen LogP contribution in [0.4, 0.5) is 0 Å². The summed E-state index contributed by atoms with van der Waals surface area (Å²) in [6.45, 7) is 9.49. The van der Waals surface area contributed by atoms with Crippen LogP contribution in [0.3, 0.4) is 0 Å². The van der Waals surface area contributed by atoms with E-state index in [9.17, 15) is 5.11 Å². The number of aliphatic imine (C=N–C) groups is 1. The number of ether oxygens (including phenoxy) is 1. The lowest BCUT2D eigenvalue weighted by Gasteiger charge is -2.30. The zero-order valence-corrected chi connectivity index (χ0v) is 11.9.